The molecule has 0 amide bonds. The highest BCUT2D eigenvalue weighted by atomic mass is 35.5. The zero-order valence-electron chi connectivity index (χ0n) is 13.9. The van der Waals surface area contributed by atoms with Gasteiger partial charge >= 0.3 is 11.9 Å². The normalized spacial score (nSPS) is 20.5. The molecule has 0 bridgehead atoms. The second-order valence-corrected chi connectivity index (χ2v) is 6.44. The minimum atomic E-state index is -1.33. The van der Waals surface area contributed by atoms with Crippen LogP contribution in [0.4, 0.5) is 4.39 Å². The van der Waals surface area contributed by atoms with Gasteiger partial charge in [0.2, 0.25) is 0 Å². The van der Waals surface area contributed by atoms with Crippen molar-refractivity contribution in [3.05, 3.63) is 57.6 Å². The van der Waals surface area contributed by atoms with Gasteiger partial charge in [-0.05, 0) is 38.5 Å². The fourth-order valence-corrected chi connectivity index (χ4v) is 3.09. The van der Waals surface area contributed by atoms with Crippen LogP contribution in [-0.2, 0) is 14.3 Å². The van der Waals surface area contributed by atoms with Crippen molar-refractivity contribution in [1.29, 1.82) is 0 Å². The Morgan fingerprint density at radius 2 is 1.92 bits per heavy atom. The summed E-state index contributed by atoms with van der Waals surface area (Å²) >= 11 is 5.84. The van der Waals surface area contributed by atoms with Crippen LogP contribution in [0.15, 0.2) is 41.2 Å². The van der Waals surface area contributed by atoms with Crippen LogP contribution in [0.3, 0.4) is 0 Å². The number of ether oxygens (including phenoxy) is 1. The average molecular weight is 369 g/mol. The molecule has 1 aliphatic rings. The van der Waals surface area contributed by atoms with E-state index >= 15 is 0 Å². The molecule has 2 N–H and O–H groups in total. The molecule has 7 heteroatoms. The number of benzene rings is 1. The van der Waals surface area contributed by atoms with Crippen LogP contribution in [0.25, 0.3) is 0 Å². The van der Waals surface area contributed by atoms with E-state index in [0.29, 0.717) is 0 Å². The predicted octanol–water partition coefficient (Wildman–Crippen LogP) is 3.99. The van der Waals surface area contributed by atoms with Crippen molar-refractivity contribution in [3.8, 4) is 0 Å². The largest absolute Gasteiger partial charge is 0.495 e. The van der Waals surface area contributed by atoms with E-state index in [0.717, 1.165) is 0 Å². The Labute approximate surface area is 149 Å². The van der Waals surface area contributed by atoms with Crippen molar-refractivity contribution in [3.63, 3.8) is 0 Å². The summed E-state index contributed by atoms with van der Waals surface area (Å²) in [5.41, 5.74) is -0.0628. The van der Waals surface area contributed by atoms with Crippen LogP contribution in [0, 0.1) is 11.7 Å². The van der Waals surface area contributed by atoms with Crippen LogP contribution in [0.1, 0.15) is 32.3 Å². The molecule has 2 atom stereocenters. The van der Waals surface area contributed by atoms with Gasteiger partial charge in [0.05, 0.1) is 28.5 Å². The third-order valence-electron chi connectivity index (χ3n) is 3.96. The molecule has 2 rings (SSSR count). The Bertz CT molecular complexity index is 782. The van der Waals surface area contributed by atoms with Crippen molar-refractivity contribution in [1.82, 2.24) is 0 Å². The molecular formula is C18H18ClFO5. The maximum Gasteiger partial charge on any atom is 0.332 e. The lowest BCUT2D eigenvalue weighted by Gasteiger charge is -2.31. The van der Waals surface area contributed by atoms with Crippen molar-refractivity contribution >= 4 is 23.5 Å². The van der Waals surface area contributed by atoms with Crippen LogP contribution >= 0.6 is 11.6 Å². The van der Waals surface area contributed by atoms with E-state index < -0.39 is 29.6 Å². The molecule has 0 aliphatic heterocycles. The number of hydrogen-bond donors (Lipinski definition) is 2. The van der Waals surface area contributed by atoms with E-state index in [2.05, 4.69) is 0 Å². The first-order valence-electron chi connectivity index (χ1n) is 7.64. The second kappa shape index (κ2) is 7.27. The SMILES string of the molecule is CC1=C(C(=O)O)C(c2cccc(Cl)c2F)C(OC(C)C)=CC1C(=O)O. The highest BCUT2D eigenvalue weighted by molar-refractivity contribution is 6.30. The first-order chi connectivity index (χ1) is 11.6. The number of aliphatic carboxylic acids is 2. The summed E-state index contributed by atoms with van der Waals surface area (Å²) < 4.78 is 20.2. The number of carbonyl (C=O) groups is 2. The summed E-state index contributed by atoms with van der Waals surface area (Å²) in [5, 5.41) is 18.9. The van der Waals surface area contributed by atoms with Gasteiger partial charge in [-0.1, -0.05) is 23.7 Å². The molecule has 2 unspecified atom stereocenters. The van der Waals surface area contributed by atoms with Gasteiger partial charge in [0, 0.05) is 5.56 Å². The van der Waals surface area contributed by atoms with Gasteiger partial charge in [0.1, 0.15) is 11.6 Å². The summed E-state index contributed by atoms with van der Waals surface area (Å²) in [6.45, 7) is 4.85. The van der Waals surface area contributed by atoms with Crippen molar-refractivity contribution in [2.45, 2.75) is 32.8 Å². The lowest BCUT2D eigenvalue weighted by atomic mass is 9.77. The van der Waals surface area contributed by atoms with E-state index in [1.807, 2.05) is 0 Å². The van der Waals surface area contributed by atoms with Crippen LogP contribution < -0.4 is 0 Å². The van der Waals surface area contributed by atoms with Gasteiger partial charge in [-0.15, -0.1) is 0 Å². The number of carboxylic acids is 2. The Kier molecular flexibility index (Phi) is 5.52. The molecule has 1 aromatic rings. The van der Waals surface area contributed by atoms with Crippen LogP contribution in [0.5, 0.6) is 0 Å². The summed E-state index contributed by atoms with van der Waals surface area (Å²) in [6.07, 6.45) is 0.980. The van der Waals surface area contributed by atoms with Gasteiger partial charge in [0.15, 0.2) is 0 Å². The van der Waals surface area contributed by atoms with Crippen molar-refractivity contribution in [2.24, 2.45) is 5.92 Å². The average Bonchev–Trinajstić information content (AvgIpc) is 2.50. The smallest absolute Gasteiger partial charge is 0.332 e. The second-order valence-electron chi connectivity index (χ2n) is 6.03. The fourth-order valence-electron chi connectivity index (χ4n) is 2.90. The van der Waals surface area contributed by atoms with Gasteiger partial charge in [-0.2, -0.15) is 0 Å². The monoisotopic (exact) mass is 368 g/mol. The molecule has 25 heavy (non-hydrogen) atoms. The van der Waals surface area contributed by atoms with E-state index in [1.54, 1.807) is 13.8 Å². The van der Waals surface area contributed by atoms with E-state index in [9.17, 15) is 24.2 Å². The van der Waals surface area contributed by atoms with Gasteiger partial charge in [-0.3, -0.25) is 4.79 Å². The van der Waals surface area contributed by atoms with Crippen molar-refractivity contribution < 1.29 is 28.9 Å². The number of allylic oxidation sites excluding steroid dienone is 1. The molecule has 0 radical (unpaired) electrons. The Morgan fingerprint density at radius 3 is 2.44 bits per heavy atom. The third-order valence-corrected chi connectivity index (χ3v) is 4.25. The molecule has 0 saturated heterocycles. The summed E-state index contributed by atoms with van der Waals surface area (Å²) in [7, 11) is 0. The quantitative estimate of drug-likeness (QED) is 0.821. The maximum absolute atomic E-state index is 14.6. The Balaban J connectivity index is 2.74. The lowest BCUT2D eigenvalue weighted by molar-refractivity contribution is -0.139. The molecule has 1 aliphatic carbocycles. The Hall–Kier alpha value is -2.34. The van der Waals surface area contributed by atoms with Gasteiger partial charge in [0.25, 0.3) is 0 Å². The van der Waals surface area contributed by atoms with E-state index in [1.165, 1.54) is 31.2 Å². The fraction of sp³-hybridized carbons (Fsp3) is 0.333. The van der Waals surface area contributed by atoms with E-state index in [4.69, 9.17) is 16.3 Å². The van der Waals surface area contributed by atoms with E-state index in [-0.39, 0.29) is 33.6 Å². The van der Waals surface area contributed by atoms with Crippen LogP contribution in [-0.4, -0.2) is 28.3 Å². The Morgan fingerprint density at radius 1 is 1.28 bits per heavy atom. The zero-order valence-corrected chi connectivity index (χ0v) is 14.7. The summed E-state index contributed by atoms with van der Waals surface area (Å²) in [6, 6.07) is 4.28. The standard InChI is InChI=1S/C18H18ClFO5/c1-8(2)25-13-7-11(17(21)22)9(3)14(18(23)24)15(13)10-5-4-6-12(19)16(10)20/h4-8,11,15H,1-3H3,(H,21,22)(H,23,24). The molecule has 0 spiro atoms. The molecule has 0 saturated carbocycles. The first kappa shape index (κ1) is 19.0. The minimum absolute atomic E-state index is 0.0278. The lowest BCUT2D eigenvalue weighted by Crippen LogP contribution is -2.28. The summed E-state index contributed by atoms with van der Waals surface area (Å²) in [5.74, 6) is -5.43. The van der Waals surface area contributed by atoms with Crippen LogP contribution in [0.2, 0.25) is 5.02 Å². The highest BCUT2D eigenvalue weighted by Gasteiger charge is 2.39. The first-order valence-corrected chi connectivity index (χ1v) is 8.02. The summed E-state index contributed by atoms with van der Waals surface area (Å²) in [4.78, 5) is 23.4. The third kappa shape index (κ3) is 3.69. The van der Waals surface area contributed by atoms with Crippen molar-refractivity contribution in [2.75, 3.05) is 0 Å². The highest BCUT2D eigenvalue weighted by Crippen LogP contribution is 2.43. The zero-order chi connectivity index (χ0) is 18.9. The molecule has 5 nitrogen and oxygen atoms in total. The molecule has 134 valence electrons. The minimum Gasteiger partial charge on any atom is -0.495 e. The number of halogens is 2. The van der Waals surface area contributed by atoms with Gasteiger partial charge < -0.3 is 14.9 Å². The van der Waals surface area contributed by atoms with Gasteiger partial charge in [-0.25, -0.2) is 9.18 Å². The molecule has 0 fully saturated rings. The molecule has 1 aromatic carbocycles. The number of hydrogen-bond acceptors (Lipinski definition) is 3. The topological polar surface area (TPSA) is 83.8 Å². The maximum atomic E-state index is 14.6. The molecular weight excluding hydrogens is 351 g/mol. The number of rotatable bonds is 5. The number of carboxylic acid groups (broad SMARTS) is 2. The molecule has 0 heterocycles. The predicted molar refractivity (Wildman–Crippen MR) is 89.9 cm³/mol. The molecule has 0 aromatic heterocycles.